The topological polar surface area (TPSA) is 34.0 Å². The van der Waals surface area contributed by atoms with Gasteiger partial charge in [-0.3, -0.25) is 4.79 Å². The summed E-state index contributed by atoms with van der Waals surface area (Å²) >= 11 is 0. The third-order valence-electron chi connectivity index (χ3n) is 5.00. The molecule has 5 heteroatoms. The van der Waals surface area contributed by atoms with Gasteiger partial charge < -0.3 is 9.88 Å². The van der Waals surface area contributed by atoms with Crippen LogP contribution in [0.25, 0.3) is 10.9 Å². The zero-order chi connectivity index (χ0) is 18.1. The van der Waals surface area contributed by atoms with E-state index in [2.05, 4.69) is 5.32 Å². The minimum absolute atomic E-state index is 0.141. The largest absolute Gasteiger partial charge is 0.350 e. The predicted octanol–water partition coefficient (Wildman–Crippen LogP) is 4.51. The van der Waals surface area contributed by atoms with E-state index in [0.29, 0.717) is 42.3 Å². The van der Waals surface area contributed by atoms with Crippen LogP contribution in [0.4, 0.5) is 8.78 Å². The highest BCUT2D eigenvalue weighted by Crippen LogP contribution is 2.35. The summed E-state index contributed by atoms with van der Waals surface area (Å²) in [5.74, 6) is -0.577. The Hall–Kier alpha value is -2.69. The number of benzene rings is 2. The molecule has 1 aliphatic rings. The number of nitrogens with zero attached hydrogens (tertiary/aromatic N) is 1. The molecular formula is C21H20F2N2O. The molecule has 1 fully saturated rings. The van der Waals surface area contributed by atoms with Crippen LogP contribution < -0.4 is 5.32 Å². The Labute approximate surface area is 150 Å². The molecule has 0 radical (unpaired) electrons. The molecule has 3 aromatic rings. The maximum atomic E-state index is 15.3. The van der Waals surface area contributed by atoms with Gasteiger partial charge in [0.25, 0.3) is 0 Å². The van der Waals surface area contributed by atoms with E-state index in [1.54, 1.807) is 18.3 Å². The maximum Gasteiger partial charge on any atom is 0.220 e. The van der Waals surface area contributed by atoms with Crippen LogP contribution in [0.2, 0.25) is 0 Å². The summed E-state index contributed by atoms with van der Waals surface area (Å²) < 4.78 is 31.7. The molecule has 1 unspecified atom stereocenters. The first-order valence-electron chi connectivity index (χ1n) is 8.88. The molecule has 0 spiro atoms. The van der Waals surface area contributed by atoms with Crippen molar-refractivity contribution in [1.82, 2.24) is 9.88 Å². The van der Waals surface area contributed by atoms with Crippen molar-refractivity contribution in [3.05, 3.63) is 71.7 Å². The minimum Gasteiger partial charge on any atom is -0.350 e. The second-order valence-electron chi connectivity index (χ2n) is 6.80. The van der Waals surface area contributed by atoms with Crippen LogP contribution in [0.3, 0.4) is 0 Å². The van der Waals surface area contributed by atoms with E-state index in [-0.39, 0.29) is 5.91 Å². The monoisotopic (exact) mass is 354 g/mol. The number of nitrogens with one attached hydrogen (secondary N) is 1. The van der Waals surface area contributed by atoms with Crippen molar-refractivity contribution in [1.29, 1.82) is 0 Å². The molecule has 134 valence electrons. The molecule has 0 saturated carbocycles. The van der Waals surface area contributed by atoms with Crippen molar-refractivity contribution >= 4 is 16.8 Å². The predicted molar refractivity (Wildman–Crippen MR) is 97.1 cm³/mol. The smallest absolute Gasteiger partial charge is 0.220 e. The Balaban J connectivity index is 1.75. The second kappa shape index (κ2) is 6.90. The lowest BCUT2D eigenvalue weighted by atomic mass is 9.95. The van der Waals surface area contributed by atoms with Crippen molar-refractivity contribution in [2.75, 3.05) is 0 Å². The Morgan fingerprint density at radius 2 is 1.96 bits per heavy atom. The molecule has 0 bridgehead atoms. The summed E-state index contributed by atoms with van der Waals surface area (Å²) in [6.45, 7) is 0.532. The number of carbonyl (C=O) groups excluding carboxylic acids is 1. The molecule has 2 heterocycles. The fourth-order valence-corrected chi connectivity index (χ4v) is 3.73. The van der Waals surface area contributed by atoms with Crippen LogP contribution in [0, 0.1) is 5.82 Å². The lowest BCUT2D eigenvalue weighted by Gasteiger charge is -2.26. The van der Waals surface area contributed by atoms with Crippen LogP contribution in [-0.2, 0) is 11.3 Å². The number of halogens is 2. The number of amides is 1. The summed E-state index contributed by atoms with van der Waals surface area (Å²) in [5, 5.41) is 3.01. The summed E-state index contributed by atoms with van der Waals surface area (Å²) in [5.41, 5.74) is 2.02. The average molecular weight is 354 g/mol. The van der Waals surface area contributed by atoms with Crippen molar-refractivity contribution in [3.63, 3.8) is 0 Å². The highest BCUT2D eigenvalue weighted by atomic mass is 19.1. The molecule has 1 aliphatic heterocycles. The molecule has 0 aliphatic carbocycles. The third-order valence-corrected chi connectivity index (χ3v) is 5.00. The van der Waals surface area contributed by atoms with Gasteiger partial charge in [-0.15, -0.1) is 0 Å². The van der Waals surface area contributed by atoms with E-state index in [4.69, 9.17) is 0 Å². The summed E-state index contributed by atoms with van der Waals surface area (Å²) in [6, 6.07) is 14.0. The van der Waals surface area contributed by atoms with E-state index < -0.39 is 18.0 Å². The lowest BCUT2D eigenvalue weighted by Crippen LogP contribution is -2.41. The zero-order valence-electron chi connectivity index (χ0n) is 14.3. The standard InChI is InChI=1S/C21H20F2N2O/c22-16-8-4-10-18-20(16)15(21(23)17-9-5-11-19(26)24-17)13-25(18)12-14-6-2-1-3-7-14/h1-4,6-8,10,13,17,21H,5,9,11-12H2,(H,24,26)/t17?,21-/m0/s1. The Morgan fingerprint density at radius 3 is 2.73 bits per heavy atom. The average Bonchev–Trinajstić information content (AvgIpc) is 3.02. The van der Waals surface area contributed by atoms with E-state index in [1.807, 2.05) is 34.9 Å². The van der Waals surface area contributed by atoms with Crippen LogP contribution in [-0.4, -0.2) is 16.5 Å². The number of alkyl halides is 1. The number of carbonyl (C=O) groups is 1. The SMILES string of the molecule is O=C1CCCC([C@@H](F)c2cn(Cc3ccccc3)c3cccc(F)c23)N1. The fraction of sp³-hybridized carbons (Fsp3) is 0.286. The quantitative estimate of drug-likeness (QED) is 0.735. The van der Waals surface area contributed by atoms with E-state index in [1.165, 1.54) is 6.07 Å². The summed E-state index contributed by atoms with van der Waals surface area (Å²) in [4.78, 5) is 11.6. The van der Waals surface area contributed by atoms with E-state index in [9.17, 15) is 9.18 Å². The fourth-order valence-electron chi connectivity index (χ4n) is 3.73. The number of hydrogen-bond acceptors (Lipinski definition) is 1. The van der Waals surface area contributed by atoms with Crippen LogP contribution >= 0.6 is 0 Å². The van der Waals surface area contributed by atoms with Gasteiger partial charge in [-0.05, 0) is 30.5 Å². The minimum atomic E-state index is -1.43. The normalized spacial score (nSPS) is 18.7. The van der Waals surface area contributed by atoms with Gasteiger partial charge in [-0.2, -0.15) is 0 Å². The van der Waals surface area contributed by atoms with Crippen molar-refractivity contribution in [2.45, 2.75) is 38.0 Å². The van der Waals surface area contributed by atoms with Gasteiger partial charge in [0.05, 0.1) is 11.6 Å². The molecule has 1 amide bonds. The van der Waals surface area contributed by atoms with Crippen LogP contribution in [0.15, 0.2) is 54.7 Å². The molecule has 1 N–H and O–H groups in total. The molecule has 1 saturated heterocycles. The van der Waals surface area contributed by atoms with Gasteiger partial charge in [-0.1, -0.05) is 36.4 Å². The highest BCUT2D eigenvalue weighted by molar-refractivity contribution is 5.85. The number of piperidine rings is 1. The molecule has 1 aromatic heterocycles. The first-order chi connectivity index (χ1) is 12.6. The number of aromatic nitrogens is 1. The Kier molecular flexibility index (Phi) is 4.45. The molecule has 2 aromatic carbocycles. The maximum absolute atomic E-state index is 15.3. The van der Waals surface area contributed by atoms with Gasteiger partial charge in [0.15, 0.2) is 0 Å². The summed E-state index contributed by atoms with van der Waals surface area (Å²) in [7, 11) is 0. The van der Waals surface area contributed by atoms with Crippen molar-refractivity contribution in [2.24, 2.45) is 0 Å². The van der Waals surface area contributed by atoms with Gasteiger partial charge in [0.2, 0.25) is 5.91 Å². The van der Waals surface area contributed by atoms with Crippen molar-refractivity contribution < 1.29 is 13.6 Å². The van der Waals surface area contributed by atoms with Gasteiger partial charge in [-0.25, -0.2) is 8.78 Å². The second-order valence-corrected chi connectivity index (χ2v) is 6.80. The van der Waals surface area contributed by atoms with Crippen LogP contribution in [0.1, 0.15) is 36.6 Å². The van der Waals surface area contributed by atoms with Crippen LogP contribution in [0.5, 0.6) is 0 Å². The number of rotatable bonds is 4. The first kappa shape index (κ1) is 16.8. The van der Waals surface area contributed by atoms with Crippen molar-refractivity contribution in [3.8, 4) is 0 Å². The van der Waals surface area contributed by atoms with E-state index >= 15 is 4.39 Å². The molecule has 4 rings (SSSR count). The number of fused-ring (bicyclic) bond motifs is 1. The first-order valence-corrected chi connectivity index (χ1v) is 8.88. The van der Waals surface area contributed by atoms with E-state index in [0.717, 1.165) is 5.56 Å². The molecular weight excluding hydrogens is 334 g/mol. The highest BCUT2D eigenvalue weighted by Gasteiger charge is 2.30. The van der Waals surface area contributed by atoms with Gasteiger partial charge >= 0.3 is 0 Å². The van der Waals surface area contributed by atoms with Gasteiger partial charge in [0.1, 0.15) is 12.0 Å². The zero-order valence-corrected chi connectivity index (χ0v) is 14.3. The molecule has 26 heavy (non-hydrogen) atoms. The third kappa shape index (κ3) is 3.09. The molecule has 3 nitrogen and oxygen atoms in total. The van der Waals surface area contributed by atoms with Gasteiger partial charge in [0, 0.05) is 30.1 Å². The Bertz CT molecular complexity index is 936. The number of hydrogen-bond donors (Lipinski definition) is 1. The lowest BCUT2D eigenvalue weighted by molar-refractivity contribution is -0.124. The Morgan fingerprint density at radius 1 is 1.15 bits per heavy atom. The molecule has 2 atom stereocenters. The summed E-state index contributed by atoms with van der Waals surface area (Å²) in [6.07, 6.45) is 1.89.